The van der Waals surface area contributed by atoms with Gasteiger partial charge in [0, 0.05) is 19.1 Å². The van der Waals surface area contributed by atoms with Crippen molar-refractivity contribution in [3.05, 3.63) is 29.8 Å². The van der Waals surface area contributed by atoms with Crippen LogP contribution in [0.4, 0.5) is 19.3 Å². The van der Waals surface area contributed by atoms with Crippen LogP contribution < -0.4 is 10.6 Å². The summed E-state index contributed by atoms with van der Waals surface area (Å²) >= 11 is 0. The molecule has 3 amide bonds. The Balaban J connectivity index is 1.94. The molecule has 0 bridgehead atoms. The van der Waals surface area contributed by atoms with Gasteiger partial charge in [0.1, 0.15) is 22.7 Å². The van der Waals surface area contributed by atoms with E-state index in [1.165, 1.54) is 19.9 Å². The van der Waals surface area contributed by atoms with Gasteiger partial charge in [0.25, 0.3) is 0 Å². The molecule has 9 heteroatoms. The minimum absolute atomic E-state index is 0.213. The number of carbonyl (C=O) groups excluding carboxylic acids is 3. The number of halogens is 2. The zero-order valence-electron chi connectivity index (χ0n) is 16.2. The first-order chi connectivity index (χ1) is 13.2. The second-order valence-corrected chi connectivity index (χ2v) is 7.11. The van der Waals surface area contributed by atoms with E-state index in [9.17, 15) is 23.2 Å². The second kappa shape index (κ2) is 8.99. The monoisotopic (exact) mass is 397 g/mol. The van der Waals surface area contributed by atoms with Crippen molar-refractivity contribution in [1.82, 2.24) is 10.2 Å². The third-order valence-electron chi connectivity index (χ3n) is 4.69. The van der Waals surface area contributed by atoms with Gasteiger partial charge in [0.2, 0.25) is 11.8 Å². The molecule has 0 aliphatic carbocycles. The zero-order chi connectivity index (χ0) is 20.9. The number of carbonyl (C=O) groups is 3. The van der Waals surface area contributed by atoms with Crippen molar-refractivity contribution in [3.63, 3.8) is 0 Å². The molecule has 1 aliphatic heterocycles. The predicted octanol–water partition coefficient (Wildman–Crippen LogP) is 2.67. The number of hydrogen-bond acceptors (Lipinski definition) is 4. The van der Waals surface area contributed by atoms with Crippen molar-refractivity contribution in [2.24, 2.45) is 5.41 Å². The maximum Gasteiger partial charge on any atom is 0.409 e. The molecular formula is C19H25F2N3O4. The number of amides is 3. The standard InChI is InChI=1S/C19H25F2N3O4/c1-4-28-18(27)24-10-8-12(9-11-24)22-16(25)19(2,3)17(26)23-15-13(20)6-5-7-14(15)21/h5-7,12H,4,8-11H2,1-3H3,(H,22,25)(H,23,26). The van der Waals surface area contributed by atoms with Gasteiger partial charge in [-0.15, -0.1) is 0 Å². The van der Waals surface area contributed by atoms with Crippen LogP contribution in [0.15, 0.2) is 18.2 Å². The highest BCUT2D eigenvalue weighted by atomic mass is 19.1. The molecule has 2 N–H and O–H groups in total. The minimum Gasteiger partial charge on any atom is -0.450 e. The number of nitrogens with one attached hydrogen (secondary N) is 2. The fourth-order valence-electron chi connectivity index (χ4n) is 2.78. The van der Waals surface area contributed by atoms with Gasteiger partial charge in [-0.05, 0) is 45.7 Å². The molecule has 154 valence electrons. The quantitative estimate of drug-likeness (QED) is 0.748. The number of hydrogen-bond donors (Lipinski definition) is 2. The topological polar surface area (TPSA) is 87.7 Å². The average molecular weight is 397 g/mol. The van der Waals surface area contributed by atoms with Gasteiger partial charge in [-0.3, -0.25) is 9.59 Å². The van der Waals surface area contributed by atoms with Crippen LogP contribution in [-0.4, -0.2) is 48.5 Å². The lowest BCUT2D eigenvalue weighted by molar-refractivity contribution is -0.139. The minimum atomic E-state index is -1.55. The molecular weight excluding hydrogens is 372 g/mol. The Morgan fingerprint density at radius 3 is 2.25 bits per heavy atom. The van der Waals surface area contributed by atoms with E-state index in [4.69, 9.17) is 4.74 Å². The molecule has 0 unspecified atom stereocenters. The summed E-state index contributed by atoms with van der Waals surface area (Å²) < 4.78 is 32.4. The molecule has 1 aromatic rings. The summed E-state index contributed by atoms with van der Waals surface area (Å²) in [5.41, 5.74) is -2.14. The Hall–Kier alpha value is -2.71. The SMILES string of the molecule is CCOC(=O)N1CCC(NC(=O)C(C)(C)C(=O)Nc2c(F)cccc2F)CC1. The lowest BCUT2D eigenvalue weighted by Gasteiger charge is -2.33. The van der Waals surface area contributed by atoms with Gasteiger partial charge in [-0.25, -0.2) is 13.6 Å². The van der Waals surface area contributed by atoms with Gasteiger partial charge in [0.05, 0.1) is 6.61 Å². The first kappa shape index (κ1) is 21.6. The summed E-state index contributed by atoms with van der Waals surface area (Å²) in [6, 6.07) is 3.00. The Morgan fingerprint density at radius 1 is 1.14 bits per heavy atom. The number of likely N-dealkylation sites (tertiary alicyclic amines) is 1. The second-order valence-electron chi connectivity index (χ2n) is 7.11. The largest absolute Gasteiger partial charge is 0.450 e. The van der Waals surface area contributed by atoms with Gasteiger partial charge >= 0.3 is 6.09 Å². The van der Waals surface area contributed by atoms with Crippen molar-refractivity contribution in [2.75, 3.05) is 25.0 Å². The van der Waals surface area contributed by atoms with Crippen molar-refractivity contribution >= 4 is 23.6 Å². The maximum atomic E-state index is 13.7. The first-order valence-electron chi connectivity index (χ1n) is 9.15. The molecule has 1 aliphatic rings. The smallest absolute Gasteiger partial charge is 0.409 e. The van der Waals surface area contributed by atoms with Crippen LogP contribution in [0.5, 0.6) is 0 Å². The fraction of sp³-hybridized carbons (Fsp3) is 0.526. The number of nitrogens with zero attached hydrogens (tertiary/aromatic N) is 1. The van der Waals surface area contributed by atoms with Gasteiger partial charge < -0.3 is 20.3 Å². The molecule has 7 nitrogen and oxygen atoms in total. The normalized spacial score (nSPS) is 15.1. The van der Waals surface area contributed by atoms with E-state index >= 15 is 0 Å². The van der Waals surface area contributed by atoms with E-state index in [1.807, 2.05) is 0 Å². The van der Waals surface area contributed by atoms with E-state index in [-0.39, 0.29) is 12.1 Å². The van der Waals surface area contributed by atoms with Crippen LogP contribution in [0.25, 0.3) is 0 Å². The lowest BCUT2D eigenvalue weighted by Crippen LogP contribution is -2.52. The molecule has 1 heterocycles. The van der Waals surface area contributed by atoms with E-state index in [0.717, 1.165) is 12.1 Å². The van der Waals surface area contributed by atoms with E-state index in [1.54, 1.807) is 11.8 Å². The van der Waals surface area contributed by atoms with Crippen LogP contribution in [0.3, 0.4) is 0 Å². The summed E-state index contributed by atoms with van der Waals surface area (Å²) in [4.78, 5) is 38.3. The highest BCUT2D eigenvalue weighted by Crippen LogP contribution is 2.24. The number of ether oxygens (including phenoxy) is 1. The number of rotatable bonds is 5. The third-order valence-corrected chi connectivity index (χ3v) is 4.69. The summed E-state index contributed by atoms with van der Waals surface area (Å²) in [6.45, 7) is 5.63. The number of piperidine rings is 1. The lowest BCUT2D eigenvalue weighted by atomic mass is 9.90. The Kier molecular flexibility index (Phi) is 6.93. The Labute approximate surface area is 162 Å². The molecule has 0 saturated carbocycles. The first-order valence-corrected chi connectivity index (χ1v) is 9.15. The molecule has 1 saturated heterocycles. The summed E-state index contributed by atoms with van der Waals surface area (Å²) in [6.07, 6.45) is 0.646. The number of benzene rings is 1. The molecule has 1 fully saturated rings. The molecule has 0 atom stereocenters. The van der Waals surface area contributed by atoms with Crippen LogP contribution >= 0.6 is 0 Å². The van der Waals surface area contributed by atoms with E-state index in [2.05, 4.69) is 10.6 Å². The highest BCUT2D eigenvalue weighted by molar-refractivity contribution is 6.10. The number of para-hydroxylation sites is 1. The van der Waals surface area contributed by atoms with E-state index in [0.29, 0.717) is 32.5 Å². The van der Waals surface area contributed by atoms with Crippen molar-refractivity contribution in [3.8, 4) is 0 Å². The van der Waals surface area contributed by atoms with Crippen molar-refractivity contribution in [2.45, 2.75) is 39.7 Å². The fourth-order valence-corrected chi connectivity index (χ4v) is 2.78. The van der Waals surface area contributed by atoms with Crippen molar-refractivity contribution < 1.29 is 27.9 Å². The van der Waals surface area contributed by atoms with Gasteiger partial charge in [0.15, 0.2) is 0 Å². The summed E-state index contributed by atoms with van der Waals surface area (Å²) in [5, 5.41) is 4.93. The molecule has 2 rings (SSSR count). The maximum absolute atomic E-state index is 13.7. The number of anilines is 1. The van der Waals surface area contributed by atoms with E-state index < -0.39 is 34.6 Å². The molecule has 0 spiro atoms. The molecule has 0 aromatic heterocycles. The summed E-state index contributed by atoms with van der Waals surface area (Å²) in [5.74, 6) is -3.22. The zero-order valence-corrected chi connectivity index (χ0v) is 16.2. The van der Waals surface area contributed by atoms with Crippen LogP contribution in [0.2, 0.25) is 0 Å². The Morgan fingerprint density at radius 2 is 1.71 bits per heavy atom. The average Bonchev–Trinajstić information content (AvgIpc) is 2.65. The van der Waals surface area contributed by atoms with Crippen LogP contribution in [-0.2, 0) is 14.3 Å². The van der Waals surface area contributed by atoms with Crippen LogP contribution in [0.1, 0.15) is 33.6 Å². The van der Waals surface area contributed by atoms with Crippen LogP contribution in [0, 0.1) is 17.0 Å². The summed E-state index contributed by atoms with van der Waals surface area (Å²) in [7, 11) is 0. The van der Waals surface area contributed by atoms with Gasteiger partial charge in [-0.1, -0.05) is 6.07 Å². The third kappa shape index (κ3) is 4.96. The Bertz CT molecular complexity index is 726. The van der Waals surface area contributed by atoms with Crippen molar-refractivity contribution in [1.29, 1.82) is 0 Å². The molecule has 28 heavy (non-hydrogen) atoms. The predicted molar refractivity (Wildman–Crippen MR) is 98.5 cm³/mol. The molecule has 0 radical (unpaired) electrons. The molecule has 1 aromatic carbocycles. The highest BCUT2D eigenvalue weighted by Gasteiger charge is 2.38. The van der Waals surface area contributed by atoms with Gasteiger partial charge in [-0.2, -0.15) is 0 Å².